The minimum Gasteiger partial charge on any atom is -0.488 e. The van der Waals surface area contributed by atoms with Crippen LogP contribution in [0.4, 0.5) is 29.3 Å². The SMILES string of the molecule is CC(C)(C)Oc1ccc(NC(=O)Nc2ccc(Cl)c(C(F)(F)F)c2)cc1. The van der Waals surface area contributed by atoms with Crippen molar-refractivity contribution in [2.24, 2.45) is 0 Å². The van der Waals surface area contributed by atoms with Gasteiger partial charge in [0.2, 0.25) is 0 Å². The van der Waals surface area contributed by atoms with E-state index in [0.717, 1.165) is 12.1 Å². The van der Waals surface area contributed by atoms with Crippen LogP contribution in [-0.2, 0) is 6.18 Å². The van der Waals surface area contributed by atoms with E-state index >= 15 is 0 Å². The molecule has 0 radical (unpaired) electrons. The zero-order valence-electron chi connectivity index (χ0n) is 14.4. The fourth-order valence-electron chi connectivity index (χ4n) is 2.07. The van der Waals surface area contributed by atoms with E-state index in [9.17, 15) is 18.0 Å². The number of rotatable bonds is 3. The molecule has 0 spiro atoms. The fourth-order valence-corrected chi connectivity index (χ4v) is 2.30. The molecule has 8 heteroatoms. The van der Waals surface area contributed by atoms with Gasteiger partial charge in [-0.1, -0.05) is 11.6 Å². The van der Waals surface area contributed by atoms with Crippen molar-refractivity contribution in [3.8, 4) is 5.75 Å². The molecule has 0 bridgehead atoms. The van der Waals surface area contributed by atoms with Crippen molar-refractivity contribution in [1.29, 1.82) is 0 Å². The van der Waals surface area contributed by atoms with Gasteiger partial charge in [-0.15, -0.1) is 0 Å². The number of urea groups is 1. The molecule has 0 saturated heterocycles. The van der Waals surface area contributed by atoms with Crippen LogP contribution < -0.4 is 15.4 Å². The van der Waals surface area contributed by atoms with Crippen LogP contribution in [0.15, 0.2) is 42.5 Å². The lowest BCUT2D eigenvalue weighted by Crippen LogP contribution is -2.23. The minimum atomic E-state index is -4.60. The predicted molar refractivity (Wildman–Crippen MR) is 95.9 cm³/mol. The van der Waals surface area contributed by atoms with Gasteiger partial charge in [-0.3, -0.25) is 0 Å². The van der Waals surface area contributed by atoms with E-state index in [1.165, 1.54) is 6.07 Å². The number of hydrogen-bond acceptors (Lipinski definition) is 2. The number of benzene rings is 2. The number of carbonyl (C=O) groups is 1. The van der Waals surface area contributed by atoms with E-state index in [1.807, 2.05) is 20.8 Å². The van der Waals surface area contributed by atoms with Crippen molar-refractivity contribution < 1.29 is 22.7 Å². The Labute approximate surface area is 154 Å². The summed E-state index contributed by atoms with van der Waals surface area (Å²) in [7, 11) is 0. The number of halogens is 4. The number of ether oxygens (including phenoxy) is 1. The zero-order valence-corrected chi connectivity index (χ0v) is 15.1. The molecule has 2 rings (SSSR count). The van der Waals surface area contributed by atoms with Gasteiger partial charge < -0.3 is 15.4 Å². The smallest absolute Gasteiger partial charge is 0.417 e. The van der Waals surface area contributed by atoms with Crippen molar-refractivity contribution in [3.05, 3.63) is 53.1 Å². The lowest BCUT2D eigenvalue weighted by molar-refractivity contribution is -0.137. The second-order valence-electron chi connectivity index (χ2n) is 6.51. The molecule has 2 amide bonds. The highest BCUT2D eigenvalue weighted by atomic mass is 35.5. The molecule has 2 aromatic rings. The van der Waals surface area contributed by atoms with Crippen LogP contribution in [0.5, 0.6) is 5.75 Å². The minimum absolute atomic E-state index is 0.0214. The number of amides is 2. The molecular formula is C18H18ClF3N2O2. The first-order valence-corrected chi connectivity index (χ1v) is 8.06. The molecule has 0 aliphatic heterocycles. The van der Waals surface area contributed by atoms with Gasteiger partial charge in [0.05, 0.1) is 10.6 Å². The van der Waals surface area contributed by atoms with E-state index in [0.29, 0.717) is 11.4 Å². The van der Waals surface area contributed by atoms with Gasteiger partial charge in [0.1, 0.15) is 11.4 Å². The third-order valence-corrected chi connectivity index (χ3v) is 3.40. The summed E-state index contributed by atoms with van der Waals surface area (Å²) in [5.41, 5.74) is -0.918. The van der Waals surface area contributed by atoms with Gasteiger partial charge in [-0.05, 0) is 63.2 Å². The van der Waals surface area contributed by atoms with Crippen molar-refractivity contribution in [3.63, 3.8) is 0 Å². The summed E-state index contributed by atoms with van der Waals surface area (Å²) >= 11 is 5.55. The third kappa shape index (κ3) is 5.84. The van der Waals surface area contributed by atoms with Crippen LogP contribution in [-0.4, -0.2) is 11.6 Å². The first kappa shape index (κ1) is 19.9. The summed E-state index contributed by atoms with van der Waals surface area (Å²) < 4.78 is 44.2. The lowest BCUT2D eigenvalue weighted by atomic mass is 10.2. The molecule has 0 aliphatic rings. The molecule has 4 nitrogen and oxygen atoms in total. The Bertz CT molecular complexity index is 785. The Balaban J connectivity index is 2.03. The Kier molecular flexibility index (Phi) is 5.71. The Morgan fingerprint density at radius 2 is 1.50 bits per heavy atom. The van der Waals surface area contributed by atoms with Gasteiger partial charge in [0.15, 0.2) is 0 Å². The molecule has 140 valence electrons. The van der Waals surface area contributed by atoms with Crippen molar-refractivity contribution >= 4 is 29.0 Å². The van der Waals surface area contributed by atoms with Crippen LogP contribution >= 0.6 is 11.6 Å². The average molecular weight is 387 g/mol. The van der Waals surface area contributed by atoms with E-state index in [2.05, 4.69) is 10.6 Å². The van der Waals surface area contributed by atoms with Crippen LogP contribution in [0.1, 0.15) is 26.3 Å². The molecule has 0 aromatic heterocycles. The number of nitrogens with one attached hydrogen (secondary N) is 2. The fraction of sp³-hybridized carbons (Fsp3) is 0.278. The Morgan fingerprint density at radius 3 is 2.04 bits per heavy atom. The van der Waals surface area contributed by atoms with Crippen LogP contribution in [0.25, 0.3) is 0 Å². The summed E-state index contributed by atoms with van der Waals surface area (Å²) in [6.07, 6.45) is -4.60. The predicted octanol–water partition coefficient (Wildman–Crippen LogP) is 6.18. The second-order valence-corrected chi connectivity index (χ2v) is 6.92. The summed E-state index contributed by atoms with van der Waals surface area (Å²) in [5.74, 6) is 0.635. The zero-order chi connectivity index (χ0) is 19.5. The van der Waals surface area contributed by atoms with E-state index in [4.69, 9.17) is 16.3 Å². The number of anilines is 2. The molecule has 0 aliphatic carbocycles. The molecule has 2 N–H and O–H groups in total. The van der Waals surface area contributed by atoms with Gasteiger partial charge in [-0.2, -0.15) is 13.2 Å². The van der Waals surface area contributed by atoms with E-state index < -0.39 is 22.8 Å². The molecular weight excluding hydrogens is 369 g/mol. The molecule has 26 heavy (non-hydrogen) atoms. The van der Waals surface area contributed by atoms with E-state index in [-0.39, 0.29) is 11.3 Å². The van der Waals surface area contributed by atoms with Gasteiger partial charge >= 0.3 is 12.2 Å². The van der Waals surface area contributed by atoms with Crippen molar-refractivity contribution in [1.82, 2.24) is 0 Å². The number of hydrogen-bond donors (Lipinski definition) is 2. The standard InChI is InChI=1S/C18H18ClF3N2O2/c1-17(2,3)26-13-7-4-11(5-8-13)23-16(25)24-12-6-9-15(19)14(10-12)18(20,21)22/h4-10H,1-3H3,(H2,23,24,25). The van der Waals surface area contributed by atoms with Crippen LogP contribution in [0.2, 0.25) is 5.02 Å². The third-order valence-electron chi connectivity index (χ3n) is 3.07. The number of alkyl halides is 3. The summed E-state index contributed by atoms with van der Waals surface area (Å²) in [5, 5.41) is 4.44. The van der Waals surface area contributed by atoms with Crippen molar-refractivity contribution in [2.75, 3.05) is 10.6 Å². The first-order valence-electron chi connectivity index (χ1n) is 7.68. The van der Waals surface area contributed by atoms with Crippen LogP contribution in [0.3, 0.4) is 0 Å². The molecule has 0 atom stereocenters. The maximum absolute atomic E-state index is 12.8. The van der Waals surface area contributed by atoms with Gasteiger partial charge in [0, 0.05) is 11.4 Å². The van der Waals surface area contributed by atoms with E-state index in [1.54, 1.807) is 24.3 Å². The lowest BCUT2D eigenvalue weighted by Gasteiger charge is -2.21. The largest absolute Gasteiger partial charge is 0.488 e. The molecule has 0 saturated carbocycles. The average Bonchev–Trinajstić information content (AvgIpc) is 2.48. The number of carbonyl (C=O) groups excluding carboxylic acids is 1. The maximum Gasteiger partial charge on any atom is 0.417 e. The molecule has 0 heterocycles. The molecule has 2 aromatic carbocycles. The first-order chi connectivity index (χ1) is 11.9. The summed E-state index contributed by atoms with van der Waals surface area (Å²) in [6, 6.07) is 9.10. The monoisotopic (exact) mass is 386 g/mol. The van der Waals surface area contributed by atoms with Crippen LogP contribution in [0, 0.1) is 0 Å². The maximum atomic E-state index is 12.8. The topological polar surface area (TPSA) is 50.4 Å². The summed E-state index contributed by atoms with van der Waals surface area (Å²) in [6.45, 7) is 5.73. The van der Waals surface area contributed by atoms with Gasteiger partial charge in [-0.25, -0.2) is 4.79 Å². The Morgan fingerprint density at radius 1 is 0.962 bits per heavy atom. The Hall–Kier alpha value is -2.41. The normalized spacial score (nSPS) is 11.8. The quantitative estimate of drug-likeness (QED) is 0.661. The molecule has 0 unspecified atom stereocenters. The highest BCUT2D eigenvalue weighted by molar-refractivity contribution is 6.31. The molecule has 0 fully saturated rings. The highest BCUT2D eigenvalue weighted by Crippen LogP contribution is 2.36. The second kappa shape index (κ2) is 7.45. The van der Waals surface area contributed by atoms with Gasteiger partial charge in [0.25, 0.3) is 0 Å². The summed E-state index contributed by atoms with van der Waals surface area (Å²) in [4.78, 5) is 12.0. The van der Waals surface area contributed by atoms with Crippen molar-refractivity contribution in [2.45, 2.75) is 32.5 Å². The highest BCUT2D eigenvalue weighted by Gasteiger charge is 2.33.